The molecule has 1 aliphatic rings. The van der Waals surface area contributed by atoms with Gasteiger partial charge < -0.3 is 15.0 Å². The number of guanidine groups is 1. The van der Waals surface area contributed by atoms with E-state index in [2.05, 4.69) is 34.2 Å². The summed E-state index contributed by atoms with van der Waals surface area (Å²) in [6, 6.07) is 0. The summed E-state index contributed by atoms with van der Waals surface area (Å²) in [5.74, 6) is 0.992. The largest absolute Gasteiger partial charge is 0.370 e. The smallest absolute Gasteiger partial charge is 0.194 e. The van der Waals surface area contributed by atoms with Crippen molar-refractivity contribution >= 4 is 5.96 Å². The minimum Gasteiger partial charge on any atom is -0.370 e. The molecule has 2 heterocycles. The molecule has 0 bridgehead atoms. The monoisotopic (exact) mass is 279 g/mol. The Hall–Kier alpha value is -1.56. The minimum atomic E-state index is 0.0722. The number of morpholine rings is 1. The Bertz CT molecular complexity index is 443. The van der Waals surface area contributed by atoms with Crippen LogP contribution in [0.2, 0.25) is 0 Å². The van der Waals surface area contributed by atoms with Gasteiger partial charge in [0.2, 0.25) is 0 Å². The molecule has 6 nitrogen and oxygen atoms in total. The van der Waals surface area contributed by atoms with E-state index in [1.807, 2.05) is 24.1 Å². The average Bonchev–Trinajstić information content (AvgIpc) is 2.90. The summed E-state index contributed by atoms with van der Waals surface area (Å²) in [5.41, 5.74) is 1.13. The van der Waals surface area contributed by atoms with Gasteiger partial charge in [0, 0.05) is 38.4 Å². The standard InChI is InChI=1S/C14H25N5O/c1-4-6-16-14(15-5-2)19-7-8-20-13(11-19)12-9-17-18(3)10-12/h9-10,13H,4-8,11H2,1-3H3,(H,15,16). The van der Waals surface area contributed by atoms with Crippen molar-refractivity contribution in [1.29, 1.82) is 0 Å². The van der Waals surface area contributed by atoms with Crippen LogP contribution in [0.25, 0.3) is 0 Å². The topological polar surface area (TPSA) is 54.7 Å². The van der Waals surface area contributed by atoms with Crippen LogP contribution in [0.1, 0.15) is 31.9 Å². The highest BCUT2D eigenvalue weighted by Crippen LogP contribution is 2.21. The number of hydrogen-bond donors (Lipinski definition) is 1. The van der Waals surface area contributed by atoms with E-state index in [1.165, 1.54) is 0 Å². The van der Waals surface area contributed by atoms with Gasteiger partial charge in [-0.1, -0.05) is 6.92 Å². The van der Waals surface area contributed by atoms with Gasteiger partial charge in [-0.05, 0) is 13.3 Å². The van der Waals surface area contributed by atoms with E-state index in [0.29, 0.717) is 0 Å². The predicted octanol–water partition coefficient (Wildman–Crippen LogP) is 1.17. The van der Waals surface area contributed by atoms with Crippen molar-refractivity contribution in [3.8, 4) is 0 Å². The van der Waals surface area contributed by atoms with Gasteiger partial charge in [-0.15, -0.1) is 0 Å². The van der Waals surface area contributed by atoms with E-state index in [-0.39, 0.29) is 6.10 Å². The Morgan fingerprint density at radius 2 is 2.40 bits per heavy atom. The van der Waals surface area contributed by atoms with Crippen molar-refractivity contribution in [1.82, 2.24) is 20.0 Å². The fourth-order valence-electron chi connectivity index (χ4n) is 2.29. The molecule has 1 atom stereocenters. The van der Waals surface area contributed by atoms with Crippen LogP contribution in [-0.4, -0.2) is 53.4 Å². The van der Waals surface area contributed by atoms with Crippen LogP contribution in [0.3, 0.4) is 0 Å². The molecule has 0 spiro atoms. The van der Waals surface area contributed by atoms with Crippen LogP contribution in [-0.2, 0) is 11.8 Å². The molecule has 2 rings (SSSR count). The molecule has 1 fully saturated rings. The lowest BCUT2D eigenvalue weighted by Crippen LogP contribution is -2.48. The number of aromatic nitrogens is 2. The Balaban J connectivity index is 2.04. The van der Waals surface area contributed by atoms with Crippen LogP contribution in [0.4, 0.5) is 0 Å². The van der Waals surface area contributed by atoms with Crippen LogP contribution in [0, 0.1) is 0 Å². The third-order valence-electron chi connectivity index (χ3n) is 3.28. The number of rotatable bonds is 4. The van der Waals surface area contributed by atoms with Crippen LogP contribution >= 0.6 is 0 Å². The van der Waals surface area contributed by atoms with E-state index in [9.17, 15) is 0 Å². The molecular formula is C14H25N5O. The van der Waals surface area contributed by atoms with Gasteiger partial charge in [-0.3, -0.25) is 9.67 Å². The Kier molecular flexibility index (Phi) is 5.40. The van der Waals surface area contributed by atoms with Crippen LogP contribution in [0.5, 0.6) is 0 Å². The number of aliphatic imine (C=N–C) groups is 1. The van der Waals surface area contributed by atoms with Gasteiger partial charge in [0.15, 0.2) is 5.96 Å². The molecule has 112 valence electrons. The van der Waals surface area contributed by atoms with Crippen molar-refractivity contribution in [2.45, 2.75) is 26.4 Å². The summed E-state index contributed by atoms with van der Waals surface area (Å²) < 4.78 is 7.68. The van der Waals surface area contributed by atoms with Crippen LogP contribution < -0.4 is 5.32 Å². The predicted molar refractivity (Wildman–Crippen MR) is 79.7 cm³/mol. The van der Waals surface area contributed by atoms with Crippen molar-refractivity contribution in [3.05, 3.63) is 18.0 Å². The number of aryl methyl sites for hydroxylation is 1. The molecule has 0 aliphatic carbocycles. The highest BCUT2D eigenvalue weighted by molar-refractivity contribution is 5.80. The molecule has 0 amide bonds. The number of nitrogens with one attached hydrogen (secondary N) is 1. The number of nitrogens with zero attached hydrogens (tertiary/aromatic N) is 4. The van der Waals surface area contributed by atoms with Crippen molar-refractivity contribution in [3.63, 3.8) is 0 Å². The number of ether oxygens (including phenoxy) is 1. The Morgan fingerprint density at radius 1 is 1.55 bits per heavy atom. The zero-order valence-electron chi connectivity index (χ0n) is 12.7. The first-order chi connectivity index (χ1) is 9.74. The van der Waals surface area contributed by atoms with Gasteiger partial charge in [0.25, 0.3) is 0 Å². The van der Waals surface area contributed by atoms with Crippen molar-refractivity contribution in [2.24, 2.45) is 12.0 Å². The first-order valence-corrected chi connectivity index (χ1v) is 7.38. The van der Waals surface area contributed by atoms with E-state index < -0.39 is 0 Å². The molecule has 1 aromatic rings. The van der Waals surface area contributed by atoms with E-state index in [0.717, 1.165) is 50.7 Å². The molecule has 0 radical (unpaired) electrons. The zero-order valence-corrected chi connectivity index (χ0v) is 12.7. The quantitative estimate of drug-likeness (QED) is 0.664. The third-order valence-corrected chi connectivity index (χ3v) is 3.28. The lowest BCUT2D eigenvalue weighted by Gasteiger charge is -2.34. The molecule has 1 aromatic heterocycles. The summed E-state index contributed by atoms with van der Waals surface area (Å²) in [6.45, 7) is 8.41. The summed E-state index contributed by atoms with van der Waals surface area (Å²) >= 11 is 0. The maximum absolute atomic E-state index is 5.86. The molecule has 1 aliphatic heterocycles. The average molecular weight is 279 g/mol. The Labute approximate surface area is 120 Å². The lowest BCUT2D eigenvalue weighted by molar-refractivity contribution is -0.00803. The van der Waals surface area contributed by atoms with Crippen LogP contribution in [0.15, 0.2) is 17.4 Å². The summed E-state index contributed by atoms with van der Waals surface area (Å²) in [5, 5.41) is 7.58. The first-order valence-electron chi connectivity index (χ1n) is 7.38. The molecule has 1 unspecified atom stereocenters. The summed E-state index contributed by atoms with van der Waals surface area (Å²) in [6.07, 6.45) is 5.03. The second kappa shape index (κ2) is 7.28. The highest BCUT2D eigenvalue weighted by Gasteiger charge is 2.24. The molecule has 0 aromatic carbocycles. The van der Waals surface area contributed by atoms with Gasteiger partial charge in [-0.2, -0.15) is 5.10 Å². The second-order valence-corrected chi connectivity index (χ2v) is 4.99. The number of hydrogen-bond acceptors (Lipinski definition) is 3. The third kappa shape index (κ3) is 3.72. The summed E-state index contributed by atoms with van der Waals surface area (Å²) in [7, 11) is 1.93. The van der Waals surface area contributed by atoms with Gasteiger partial charge in [0.1, 0.15) is 6.10 Å². The molecule has 1 N–H and O–H groups in total. The Morgan fingerprint density at radius 3 is 3.05 bits per heavy atom. The lowest BCUT2D eigenvalue weighted by atomic mass is 10.1. The fraction of sp³-hybridized carbons (Fsp3) is 0.714. The summed E-state index contributed by atoms with van der Waals surface area (Å²) in [4.78, 5) is 6.92. The molecule has 6 heteroatoms. The molecule has 0 saturated carbocycles. The first kappa shape index (κ1) is 14.8. The van der Waals surface area contributed by atoms with Crippen molar-refractivity contribution < 1.29 is 4.74 Å². The normalized spacial score (nSPS) is 20.2. The zero-order chi connectivity index (χ0) is 14.4. The van der Waals surface area contributed by atoms with Gasteiger partial charge >= 0.3 is 0 Å². The SMILES string of the molecule is CCCN=C(NCC)N1CCOC(c2cnn(C)c2)C1. The van der Waals surface area contributed by atoms with E-state index >= 15 is 0 Å². The second-order valence-electron chi connectivity index (χ2n) is 4.99. The van der Waals surface area contributed by atoms with E-state index in [1.54, 1.807) is 0 Å². The minimum absolute atomic E-state index is 0.0722. The maximum Gasteiger partial charge on any atom is 0.194 e. The molecule has 20 heavy (non-hydrogen) atoms. The fourth-order valence-corrected chi connectivity index (χ4v) is 2.29. The van der Waals surface area contributed by atoms with E-state index in [4.69, 9.17) is 4.74 Å². The molecular weight excluding hydrogens is 254 g/mol. The van der Waals surface area contributed by atoms with Gasteiger partial charge in [-0.25, -0.2) is 0 Å². The maximum atomic E-state index is 5.86. The molecule has 1 saturated heterocycles. The highest BCUT2D eigenvalue weighted by atomic mass is 16.5. The van der Waals surface area contributed by atoms with Gasteiger partial charge in [0.05, 0.1) is 19.3 Å². The van der Waals surface area contributed by atoms with Crippen molar-refractivity contribution in [2.75, 3.05) is 32.8 Å².